The van der Waals surface area contributed by atoms with Crippen LogP contribution in [0.5, 0.6) is 5.75 Å². The molecule has 30 heavy (non-hydrogen) atoms. The van der Waals surface area contributed by atoms with E-state index in [-0.39, 0.29) is 11.7 Å². The van der Waals surface area contributed by atoms with E-state index in [1.165, 1.54) is 18.6 Å². The molecule has 4 rings (SSSR count). The van der Waals surface area contributed by atoms with Crippen molar-refractivity contribution in [2.24, 2.45) is 0 Å². The summed E-state index contributed by atoms with van der Waals surface area (Å²) in [7, 11) is 1.63. The standard InChI is InChI=1S/C25H26FNO3/c1-16(13-23(28)27-11-5-4-6-12-27)20-14-21-22(18-7-9-19(26)10-8-18)15-30-25(21)17(2)24(20)29-3/h7-10,13-15H,4-6,11-12H2,1-3H3/b16-13+. The van der Waals surface area contributed by atoms with Crippen LogP contribution in [0.2, 0.25) is 0 Å². The van der Waals surface area contributed by atoms with Gasteiger partial charge in [0.1, 0.15) is 17.1 Å². The molecule has 3 aromatic rings. The highest BCUT2D eigenvalue weighted by Crippen LogP contribution is 2.40. The fourth-order valence-electron chi connectivity index (χ4n) is 4.19. The van der Waals surface area contributed by atoms with Gasteiger partial charge < -0.3 is 14.1 Å². The summed E-state index contributed by atoms with van der Waals surface area (Å²) in [6.45, 7) is 5.51. The maximum Gasteiger partial charge on any atom is 0.246 e. The smallest absolute Gasteiger partial charge is 0.246 e. The summed E-state index contributed by atoms with van der Waals surface area (Å²) in [6, 6.07) is 8.35. The number of methoxy groups -OCH3 is 1. The number of benzene rings is 2. The quantitative estimate of drug-likeness (QED) is 0.500. The van der Waals surface area contributed by atoms with Crippen molar-refractivity contribution in [3.63, 3.8) is 0 Å². The molecule has 1 fully saturated rings. The van der Waals surface area contributed by atoms with Gasteiger partial charge in [0, 0.05) is 41.2 Å². The Morgan fingerprint density at radius 2 is 1.87 bits per heavy atom. The van der Waals surface area contributed by atoms with Gasteiger partial charge in [0.15, 0.2) is 0 Å². The summed E-state index contributed by atoms with van der Waals surface area (Å²) in [6.07, 6.45) is 6.69. The highest BCUT2D eigenvalue weighted by atomic mass is 19.1. The molecule has 1 aromatic heterocycles. The van der Waals surface area contributed by atoms with Crippen molar-refractivity contribution >= 4 is 22.4 Å². The van der Waals surface area contributed by atoms with E-state index >= 15 is 0 Å². The molecule has 2 aromatic carbocycles. The Hall–Kier alpha value is -3.08. The monoisotopic (exact) mass is 407 g/mol. The summed E-state index contributed by atoms with van der Waals surface area (Å²) in [4.78, 5) is 14.7. The van der Waals surface area contributed by atoms with E-state index < -0.39 is 0 Å². The molecule has 0 radical (unpaired) electrons. The first-order valence-corrected chi connectivity index (χ1v) is 10.3. The van der Waals surface area contributed by atoms with Crippen LogP contribution in [0, 0.1) is 12.7 Å². The van der Waals surface area contributed by atoms with Gasteiger partial charge in [0.25, 0.3) is 0 Å². The number of nitrogens with zero attached hydrogens (tertiary/aromatic N) is 1. The summed E-state index contributed by atoms with van der Waals surface area (Å²) < 4.78 is 24.9. The second-order valence-corrected chi connectivity index (χ2v) is 7.83. The minimum atomic E-state index is -0.278. The van der Waals surface area contributed by atoms with Gasteiger partial charge in [-0.2, -0.15) is 0 Å². The Bertz CT molecular complexity index is 1110. The number of fused-ring (bicyclic) bond motifs is 1. The molecule has 0 N–H and O–H groups in total. The topological polar surface area (TPSA) is 42.7 Å². The van der Waals surface area contributed by atoms with Crippen molar-refractivity contribution in [2.75, 3.05) is 20.2 Å². The Balaban J connectivity index is 1.80. The Kier molecular flexibility index (Phi) is 5.62. The zero-order chi connectivity index (χ0) is 21.3. The van der Waals surface area contributed by atoms with Crippen molar-refractivity contribution in [3.05, 3.63) is 59.6 Å². The third-order valence-corrected chi connectivity index (χ3v) is 5.84. The molecule has 0 saturated carbocycles. The Morgan fingerprint density at radius 3 is 2.53 bits per heavy atom. The molecule has 1 aliphatic rings. The van der Waals surface area contributed by atoms with Gasteiger partial charge in [-0.05, 0) is 62.4 Å². The average Bonchev–Trinajstić information content (AvgIpc) is 3.19. The van der Waals surface area contributed by atoms with Crippen molar-refractivity contribution in [1.29, 1.82) is 0 Å². The number of hydrogen-bond acceptors (Lipinski definition) is 3. The molecule has 156 valence electrons. The van der Waals surface area contributed by atoms with E-state index in [4.69, 9.17) is 9.15 Å². The first-order valence-electron chi connectivity index (χ1n) is 10.3. The van der Waals surface area contributed by atoms with Crippen LogP contribution in [0.25, 0.3) is 27.7 Å². The predicted molar refractivity (Wildman–Crippen MR) is 117 cm³/mol. The van der Waals surface area contributed by atoms with E-state index in [1.807, 2.05) is 24.8 Å². The highest BCUT2D eigenvalue weighted by molar-refractivity contribution is 6.01. The number of likely N-dealkylation sites (tertiary alicyclic amines) is 1. The summed E-state index contributed by atoms with van der Waals surface area (Å²) in [5, 5.41) is 0.910. The third-order valence-electron chi connectivity index (χ3n) is 5.84. The molecule has 0 aliphatic carbocycles. The molecular formula is C25H26FNO3. The Labute approximate surface area is 175 Å². The number of amides is 1. The molecule has 5 heteroatoms. The molecular weight excluding hydrogens is 381 g/mol. The van der Waals surface area contributed by atoms with Gasteiger partial charge in [-0.3, -0.25) is 4.79 Å². The molecule has 0 bridgehead atoms. The van der Waals surface area contributed by atoms with Crippen molar-refractivity contribution < 1.29 is 18.3 Å². The van der Waals surface area contributed by atoms with Crippen LogP contribution >= 0.6 is 0 Å². The lowest BCUT2D eigenvalue weighted by Gasteiger charge is -2.25. The normalized spacial score (nSPS) is 14.9. The van der Waals surface area contributed by atoms with Gasteiger partial charge in [-0.1, -0.05) is 12.1 Å². The van der Waals surface area contributed by atoms with Gasteiger partial charge in [-0.25, -0.2) is 4.39 Å². The fraction of sp³-hybridized carbons (Fsp3) is 0.320. The van der Waals surface area contributed by atoms with E-state index in [0.29, 0.717) is 5.75 Å². The zero-order valence-electron chi connectivity index (χ0n) is 17.6. The van der Waals surface area contributed by atoms with Crippen LogP contribution < -0.4 is 4.74 Å². The lowest BCUT2D eigenvalue weighted by Crippen LogP contribution is -2.34. The fourth-order valence-corrected chi connectivity index (χ4v) is 4.19. The van der Waals surface area contributed by atoms with Crippen LogP contribution in [0.1, 0.15) is 37.3 Å². The lowest BCUT2D eigenvalue weighted by atomic mass is 9.96. The largest absolute Gasteiger partial charge is 0.496 e. The van der Waals surface area contributed by atoms with E-state index in [1.54, 1.807) is 31.6 Å². The molecule has 2 heterocycles. The van der Waals surface area contributed by atoms with Crippen LogP contribution in [0.4, 0.5) is 4.39 Å². The number of furan rings is 1. The van der Waals surface area contributed by atoms with Crippen molar-refractivity contribution in [3.8, 4) is 16.9 Å². The predicted octanol–water partition coefficient (Wildman–Crippen LogP) is 5.97. The van der Waals surface area contributed by atoms with Crippen LogP contribution in [0.3, 0.4) is 0 Å². The van der Waals surface area contributed by atoms with Gasteiger partial charge in [-0.15, -0.1) is 0 Å². The van der Waals surface area contributed by atoms with Crippen LogP contribution in [-0.2, 0) is 4.79 Å². The summed E-state index contributed by atoms with van der Waals surface area (Å²) >= 11 is 0. The number of piperidine rings is 1. The van der Waals surface area contributed by atoms with Crippen molar-refractivity contribution in [2.45, 2.75) is 33.1 Å². The van der Waals surface area contributed by atoms with E-state index in [2.05, 4.69) is 0 Å². The highest BCUT2D eigenvalue weighted by Gasteiger charge is 2.20. The summed E-state index contributed by atoms with van der Waals surface area (Å²) in [5.74, 6) is 0.459. The maximum absolute atomic E-state index is 13.4. The first kappa shape index (κ1) is 20.2. The van der Waals surface area contributed by atoms with E-state index in [0.717, 1.165) is 64.7 Å². The Morgan fingerprint density at radius 1 is 1.17 bits per heavy atom. The summed E-state index contributed by atoms with van der Waals surface area (Å²) in [5.41, 5.74) is 5.06. The second kappa shape index (κ2) is 8.34. The van der Waals surface area contributed by atoms with Gasteiger partial charge in [0.05, 0.1) is 13.4 Å². The number of halogens is 1. The molecule has 1 saturated heterocycles. The molecule has 0 atom stereocenters. The minimum absolute atomic E-state index is 0.0398. The number of carbonyl (C=O) groups excluding carboxylic acids is 1. The van der Waals surface area contributed by atoms with Crippen molar-refractivity contribution in [1.82, 2.24) is 4.90 Å². The molecule has 0 unspecified atom stereocenters. The SMILES string of the molecule is COc1c(/C(C)=C/C(=O)N2CCCCC2)cc2c(-c3ccc(F)cc3)coc2c1C. The molecule has 4 nitrogen and oxygen atoms in total. The lowest BCUT2D eigenvalue weighted by molar-refractivity contribution is -0.126. The second-order valence-electron chi connectivity index (χ2n) is 7.83. The molecule has 0 spiro atoms. The third kappa shape index (κ3) is 3.72. The van der Waals surface area contributed by atoms with Crippen LogP contribution in [0.15, 0.2) is 47.1 Å². The average molecular weight is 407 g/mol. The molecule has 1 amide bonds. The van der Waals surface area contributed by atoms with Gasteiger partial charge in [0.2, 0.25) is 5.91 Å². The minimum Gasteiger partial charge on any atom is -0.496 e. The van der Waals surface area contributed by atoms with E-state index in [9.17, 15) is 9.18 Å². The van der Waals surface area contributed by atoms with Crippen LogP contribution in [-0.4, -0.2) is 31.0 Å². The number of aryl methyl sites for hydroxylation is 1. The zero-order valence-corrected chi connectivity index (χ0v) is 17.6. The number of allylic oxidation sites excluding steroid dienone is 1. The van der Waals surface area contributed by atoms with Gasteiger partial charge >= 0.3 is 0 Å². The number of rotatable bonds is 4. The first-order chi connectivity index (χ1) is 14.5. The number of carbonyl (C=O) groups is 1. The maximum atomic E-state index is 13.4. The number of ether oxygens (including phenoxy) is 1. The number of hydrogen-bond donors (Lipinski definition) is 0. The molecule has 1 aliphatic heterocycles.